The molecule has 0 fully saturated rings. The van der Waals surface area contributed by atoms with Crippen molar-refractivity contribution < 1.29 is 9.53 Å². The number of hydrogen-bond donors (Lipinski definition) is 1. The average molecular weight is 326 g/mol. The number of anilines is 1. The highest BCUT2D eigenvalue weighted by atomic mass is 79.9. The molecule has 94 valence electrons. The summed E-state index contributed by atoms with van der Waals surface area (Å²) in [6, 6.07) is 9.30. The highest BCUT2D eigenvalue weighted by Gasteiger charge is 2.11. The minimum absolute atomic E-state index is 0.132. The zero-order valence-corrected chi connectivity index (χ0v) is 12.4. The number of hydrogen-bond acceptors (Lipinski definition) is 3. The summed E-state index contributed by atoms with van der Waals surface area (Å²) < 4.78 is 6.18. The van der Waals surface area contributed by atoms with Gasteiger partial charge in [-0.3, -0.25) is 4.79 Å². The van der Waals surface area contributed by atoms with Gasteiger partial charge in [0, 0.05) is 0 Å². The van der Waals surface area contributed by atoms with Gasteiger partial charge in [-0.1, -0.05) is 6.07 Å². The molecule has 2 rings (SSSR count). The molecule has 0 aliphatic carbocycles. The van der Waals surface area contributed by atoms with Crippen LogP contribution in [0.2, 0.25) is 0 Å². The molecule has 2 aromatic rings. The Morgan fingerprint density at radius 2 is 2.11 bits per heavy atom. The Hall–Kier alpha value is -1.33. The fourth-order valence-electron chi connectivity index (χ4n) is 1.52. The van der Waals surface area contributed by atoms with E-state index in [2.05, 4.69) is 21.2 Å². The number of benzene rings is 1. The summed E-state index contributed by atoms with van der Waals surface area (Å²) in [7, 11) is 1.59. The lowest BCUT2D eigenvalue weighted by Crippen LogP contribution is -2.11. The monoisotopic (exact) mass is 325 g/mol. The number of carbonyl (C=O) groups excluding carboxylic acids is 1. The van der Waals surface area contributed by atoms with Gasteiger partial charge in [0.2, 0.25) is 0 Å². The molecule has 0 saturated carbocycles. The molecule has 1 amide bonds. The van der Waals surface area contributed by atoms with Gasteiger partial charge in [0.1, 0.15) is 5.75 Å². The topological polar surface area (TPSA) is 38.3 Å². The summed E-state index contributed by atoms with van der Waals surface area (Å²) >= 11 is 4.73. The molecule has 0 radical (unpaired) electrons. The number of ether oxygens (including phenoxy) is 1. The summed E-state index contributed by atoms with van der Waals surface area (Å²) in [4.78, 5) is 12.7. The first-order chi connectivity index (χ1) is 8.60. The molecule has 5 heteroatoms. The maximum Gasteiger partial charge on any atom is 0.265 e. The molecule has 0 unspecified atom stereocenters. The summed E-state index contributed by atoms with van der Waals surface area (Å²) in [5.74, 6) is 0.534. The van der Waals surface area contributed by atoms with Crippen molar-refractivity contribution in [3.63, 3.8) is 0 Å². The van der Waals surface area contributed by atoms with E-state index in [1.807, 2.05) is 31.2 Å². The normalized spacial score (nSPS) is 10.2. The van der Waals surface area contributed by atoms with Gasteiger partial charge in [-0.25, -0.2) is 0 Å². The lowest BCUT2D eigenvalue weighted by molar-refractivity contribution is 0.103. The number of rotatable bonds is 3. The smallest absolute Gasteiger partial charge is 0.265 e. The largest absolute Gasteiger partial charge is 0.495 e. The Morgan fingerprint density at radius 1 is 1.33 bits per heavy atom. The molecule has 18 heavy (non-hydrogen) atoms. The summed E-state index contributed by atoms with van der Waals surface area (Å²) in [5, 5.41) is 2.84. The quantitative estimate of drug-likeness (QED) is 0.923. The van der Waals surface area contributed by atoms with Crippen LogP contribution < -0.4 is 10.1 Å². The van der Waals surface area contributed by atoms with Gasteiger partial charge >= 0.3 is 0 Å². The molecule has 0 atom stereocenters. The Balaban J connectivity index is 2.21. The molecule has 1 N–H and O–H groups in total. The molecule has 0 spiro atoms. The Bertz CT molecular complexity index is 580. The van der Waals surface area contributed by atoms with Crippen LogP contribution in [0.15, 0.2) is 34.1 Å². The summed E-state index contributed by atoms with van der Waals surface area (Å²) in [6.07, 6.45) is 0. The standard InChI is InChI=1S/C13H12BrNO2S/c1-8-3-4-9(10(7-8)17-2)15-13(16)11-5-6-12(14)18-11/h3-7H,1-2H3,(H,15,16). The van der Waals surface area contributed by atoms with Crippen LogP contribution in [0.4, 0.5) is 5.69 Å². The summed E-state index contributed by atoms with van der Waals surface area (Å²) in [6.45, 7) is 1.98. The van der Waals surface area contributed by atoms with Crippen molar-refractivity contribution in [2.75, 3.05) is 12.4 Å². The number of thiophene rings is 1. The molecular weight excluding hydrogens is 314 g/mol. The predicted molar refractivity (Wildman–Crippen MR) is 77.7 cm³/mol. The van der Waals surface area contributed by atoms with E-state index in [4.69, 9.17) is 4.74 Å². The molecule has 0 aliphatic rings. The second-order valence-corrected chi connectivity index (χ2v) is 6.22. The highest BCUT2D eigenvalue weighted by Crippen LogP contribution is 2.27. The van der Waals surface area contributed by atoms with Crippen LogP contribution >= 0.6 is 27.3 Å². The Labute approximate surface area is 118 Å². The molecule has 1 heterocycles. The highest BCUT2D eigenvalue weighted by molar-refractivity contribution is 9.11. The van der Waals surface area contributed by atoms with Crippen LogP contribution in [0.1, 0.15) is 15.2 Å². The fourth-order valence-corrected chi connectivity index (χ4v) is 2.80. The van der Waals surface area contributed by atoms with Crippen molar-refractivity contribution in [1.82, 2.24) is 0 Å². The van der Waals surface area contributed by atoms with Crippen molar-refractivity contribution in [2.45, 2.75) is 6.92 Å². The van der Waals surface area contributed by atoms with Crippen LogP contribution in [-0.4, -0.2) is 13.0 Å². The van der Waals surface area contributed by atoms with Crippen molar-refractivity contribution in [3.8, 4) is 5.75 Å². The van der Waals surface area contributed by atoms with Gasteiger partial charge in [-0.15, -0.1) is 11.3 Å². The van der Waals surface area contributed by atoms with Crippen molar-refractivity contribution in [3.05, 3.63) is 44.6 Å². The molecule has 0 aliphatic heterocycles. The number of nitrogens with one attached hydrogen (secondary N) is 1. The number of halogens is 1. The molecule has 3 nitrogen and oxygen atoms in total. The van der Waals surface area contributed by atoms with E-state index in [0.29, 0.717) is 16.3 Å². The van der Waals surface area contributed by atoms with E-state index in [1.165, 1.54) is 11.3 Å². The van der Waals surface area contributed by atoms with Crippen molar-refractivity contribution in [2.24, 2.45) is 0 Å². The SMILES string of the molecule is COc1cc(C)ccc1NC(=O)c1ccc(Br)s1. The van der Waals surface area contributed by atoms with Gasteiger partial charge in [-0.05, 0) is 52.7 Å². The van der Waals surface area contributed by atoms with Gasteiger partial charge in [0.05, 0.1) is 21.5 Å². The first-order valence-electron chi connectivity index (χ1n) is 5.31. The number of methoxy groups -OCH3 is 1. The predicted octanol–water partition coefficient (Wildman–Crippen LogP) is 4.08. The van der Waals surface area contributed by atoms with E-state index >= 15 is 0 Å². The zero-order valence-electron chi connectivity index (χ0n) is 9.99. The minimum atomic E-state index is -0.132. The van der Waals surface area contributed by atoms with Crippen molar-refractivity contribution in [1.29, 1.82) is 0 Å². The molecule has 1 aromatic carbocycles. The summed E-state index contributed by atoms with van der Waals surface area (Å²) in [5.41, 5.74) is 1.77. The Kier molecular flexibility index (Phi) is 4.04. The van der Waals surface area contributed by atoms with Crippen LogP contribution in [-0.2, 0) is 0 Å². The van der Waals surface area contributed by atoms with Crippen LogP contribution in [0.5, 0.6) is 5.75 Å². The average Bonchev–Trinajstić information content (AvgIpc) is 2.78. The molecular formula is C13H12BrNO2S. The fraction of sp³-hybridized carbons (Fsp3) is 0.154. The maximum absolute atomic E-state index is 12.0. The minimum Gasteiger partial charge on any atom is -0.495 e. The number of aryl methyl sites for hydroxylation is 1. The first kappa shape index (κ1) is 13.1. The van der Waals surface area contributed by atoms with E-state index in [0.717, 1.165) is 9.35 Å². The molecule has 1 aromatic heterocycles. The van der Waals surface area contributed by atoms with E-state index in [9.17, 15) is 4.79 Å². The van der Waals surface area contributed by atoms with E-state index in [-0.39, 0.29) is 5.91 Å². The van der Waals surface area contributed by atoms with Crippen LogP contribution in [0, 0.1) is 6.92 Å². The lowest BCUT2D eigenvalue weighted by Gasteiger charge is -2.10. The van der Waals surface area contributed by atoms with E-state index < -0.39 is 0 Å². The molecule has 0 saturated heterocycles. The number of amides is 1. The van der Waals surface area contributed by atoms with E-state index in [1.54, 1.807) is 13.2 Å². The van der Waals surface area contributed by atoms with Gasteiger partial charge < -0.3 is 10.1 Å². The van der Waals surface area contributed by atoms with Crippen LogP contribution in [0.3, 0.4) is 0 Å². The molecule has 0 bridgehead atoms. The zero-order chi connectivity index (χ0) is 13.1. The third-order valence-corrected chi connectivity index (χ3v) is 4.02. The van der Waals surface area contributed by atoms with Gasteiger partial charge in [0.15, 0.2) is 0 Å². The van der Waals surface area contributed by atoms with Crippen LogP contribution in [0.25, 0.3) is 0 Å². The lowest BCUT2D eigenvalue weighted by atomic mass is 10.2. The first-order valence-corrected chi connectivity index (χ1v) is 6.92. The second-order valence-electron chi connectivity index (χ2n) is 3.76. The Morgan fingerprint density at radius 3 is 2.72 bits per heavy atom. The van der Waals surface area contributed by atoms with Gasteiger partial charge in [0.25, 0.3) is 5.91 Å². The van der Waals surface area contributed by atoms with Crippen molar-refractivity contribution >= 4 is 38.9 Å². The maximum atomic E-state index is 12.0. The third kappa shape index (κ3) is 2.91. The third-order valence-electron chi connectivity index (χ3n) is 2.40. The second kappa shape index (κ2) is 5.54. The van der Waals surface area contributed by atoms with Gasteiger partial charge in [-0.2, -0.15) is 0 Å². The number of carbonyl (C=O) groups is 1.